The van der Waals surface area contributed by atoms with Crippen molar-refractivity contribution in [2.45, 2.75) is 20.1 Å². The summed E-state index contributed by atoms with van der Waals surface area (Å²) in [6.45, 7) is 1.61. The molecule has 0 bridgehead atoms. The molecule has 0 aliphatic heterocycles. The Bertz CT molecular complexity index is 215. The second-order valence-corrected chi connectivity index (χ2v) is 2.11. The fourth-order valence-electron chi connectivity index (χ4n) is 0.873. The fraction of sp³-hybridized carbons (Fsp3) is 0.429. The van der Waals surface area contributed by atoms with Gasteiger partial charge in [0.05, 0.1) is 19.5 Å². The first-order chi connectivity index (χ1) is 4.79. The maximum absolute atomic E-state index is 8.75. The van der Waals surface area contributed by atoms with Crippen molar-refractivity contribution in [2.24, 2.45) is 0 Å². The molecule has 0 aliphatic carbocycles. The van der Waals surface area contributed by atoms with Crippen molar-refractivity contribution in [2.75, 3.05) is 0 Å². The third-order valence-corrected chi connectivity index (χ3v) is 1.52. The van der Waals surface area contributed by atoms with E-state index >= 15 is 0 Å². The number of aliphatic hydroxyl groups is 2. The van der Waals surface area contributed by atoms with Gasteiger partial charge >= 0.3 is 0 Å². The van der Waals surface area contributed by atoms with Crippen molar-refractivity contribution in [3.63, 3.8) is 0 Å². The summed E-state index contributed by atoms with van der Waals surface area (Å²) in [5, 5.41) is 17.4. The molecule has 1 aromatic heterocycles. The number of rotatable bonds is 2. The molecule has 0 spiro atoms. The van der Waals surface area contributed by atoms with E-state index in [0.29, 0.717) is 16.9 Å². The van der Waals surface area contributed by atoms with Crippen LogP contribution in [0.4, 0.5) is 0 Å². The number of aliphatic hydroxyl groups excluding tert-OH is 2. The Morgan fingerprint density at radius 2 is 2.10 bits per heavy atom. The van der Waals surface area contributed by atoms with Gasteiger partial charge in [-0.25, -0.2) is 0 Å². The van der Waals surface area contributed by atoms with E-state index < -0.39 is 0 Å². The van der Waals surface area contributed by atoms with E-state index in [1.165, 1.54) is 6.26 Å². The lowest BCUT2D eigenvalue weighted by Crippen LogP contribution is -1.89. The summed E-state index contributed by atoms with van der Waals surface area (Å²) in [4.78, 5) is 0. The van der Waals surface area contributed by atoms with Gasteiger partial charge in [-0.15, -0.1) is 0 Å². The summed E-state index contributed by atoms with van der Waals surface area (Å²) in [5.74, 6) is 0.673. The molecule has 1 rings (SSSR count). The van der Waals surface area contributed by atoms with Crippen molar-refractivity contribution in [1.29, 1.82) is 0 Å². The largest absolute Gasteiger partial charge is 0.469 e. The molecule has 0 saturated carbocycles. The van der Waals surface area contributed by atoms with Crippen LogP contribution in [0.3, 0.4) is 0 Å². The van der Waals surface area contributed by atoms with Crippen molar-refractivity contribution in [1.82, 2.24) is 0 Å². The number of hydrogen-bond acceptors (Lipinski definition) is 3. The van der Waals surface area contributed by atoms with Gasteiger partial charge in [0.1, 0.15) is 5.76 Å². The molecule has 0 fully saturated rings. The van der Waals surface area contributed by atoms with Crippen LogP contribution in [0.2, 0.25) is 0 Å². The van der Waals surface area contributed by atoms with E-state index in [1.54, 1.807) is 6.92 Å². The van der Waals surface area contributed by atoms with Gasteiger partial charge in [0, 0.05) is 11.1 Å². The molecule has 0 aliphatic rings. The number of furan rings is 1. The van der Waals surface area contributed by atoms with E-state index in [9.17, 15) is 0 Å². The summed E-state index contributed by atoms with van der Waals surface area (Å²) >= 11 is 0. The lowest BCUT2D eigenvalue weighted by Gasteiger charge is -1.93. The minimum atomic E-state index is -0.0762. The van der Waals surface area contributed by atoms with Crippen LogP contribution in [0.1, 0.15) is 16.9 Å². The predicted octanol–water partition coefficient (Wildman–Crippen LogP) is 0.573. The van der Waals surface area contributed by atoms with E-state index in [4.69, 9.17) is 14.6 Å². The zero-order valence-corrected chi connectivity index (χ0v) is 5.79. The van der Waals surface area contributed by atoms with Crippen LogP contribution in [-0.4, -0.2) is 10.2 Å². The molecule has 3 heteroatoms. The van der Waals surface area contributed by atoms with Crippen LogP contribution in [0, 0.1) is 6.92 Å². The van der Waals surface area contributed by atoms with Gasteiger partial charge in [-0.2, -0.15) is 0 Å². The average Bonchev–Trinajstić information content (AvgIpc) is 2.30. The van der Waals surface area contributed by atoms with E-state index in [-0.39, 0.29) is 13.2 Å². The molecule has 0 saturated heterocycles. The fourth-order valence-corrected chi connectivity index (χ4v) is 0.873. The van der Waals surface area contributed by atoms with Gasteiger partial charge in [-0.1, -0.05) is 0 Å². The predicted molar refractivity (Wildman–Crippen MR) is 35.3 cm³/mol. The minimum absolute atomic E-state index is 0.0712. The highest BCUT2D eigenvalue weighted by molar-refractivity contribution is 5.25. The van der Waals surface area contributed by atoms with Gasteiger partial charge < -0.3 is 14.6 Å². The second kappa shape index (κ2) is 2.86. The number of aryl methyl sites for hydroxylation is 1. The molecule has 0 radical (unpaired) electrons. The Morgan fingerprint density at radius 3 is 2.50 bits per heavy atom. The molecule has 0 atom stereocenters. The van der Waals surface area contributed by atoms with Crippen LogP contribution in [-0.2, 0) is 13.2 Å². The maximum Gasteiger partial charge on any atom is 0.106 e. The SMILES string of the molecule is Cc1occ(CO)c1CO. The minimum Gasteiger partial charge on any atom is -0.469 e. The van der Waals surface area contributed by atoms with Crippen molar-refractivity contribution in [3.05, 3.63) is 23.2 Å². The Balaban J connectivity index is 3.01. The average molecular weight is 142 g/mol. The Hall–Kier alpha value is -0.800. The standard InChI is InChI=1S/C7H10O3/c1-5-7(3-9)6(2-8)4-10-5/h4,8-9H,2-3H2,1H3. The highest BCUT2D eigenvalue weighted by Crippen LogP contribution is 2.15. The molecule has 10 heavy (non-hydrogen) atoms. The van der Waals surface area contributed by atoms with Gasteiger partial charge in [-0.05, 0) is 6.92 Å². The second-order valence-electron chi connectivity index (χ2n) is 2.11. The molecule has 1 heterocycles. The summed E-state index contributed by atoms with van der Waals surface area (Å²) in [5.41, 5.74) is 1.36. The topological polar surface area (TPSA) is 53.6 Å². The quantitative estimate of drug-likeness (QED) is 0.634. The molecule has 0 unspecified atom stereocenters. The van der Waals surface area contributed by atoms with Crippen LogP contribution in [0.25, 0.3) is 0 Å². The Kier molecular flexibility index (Phi) is 2.09. The monoisotopic (exact) mass is 142 g/mol. The van der Waals surface area contributed by atoms with Crippen molar-refractivity contribution < 1.29 is 14.6 Å². The smallest absolute Gasteiger partial charge is 0.106 e. The van der Waals surface area contributed by atoms with Crippen LogP contribution < -0.4 is 0 Å². The normalized spacial score (nSPS) is 10.3. The molecular formula is C7H10O3. The highest BCUT2D eigenvalue weighted by atomic mass is 16.3. The lowest BCUT2D eigenvalue weighted by atomic mass is 10.2. The molecule has 3 nitrogen and oxygen atoms in total. The highest BCUT2D eigenvalue weighted by Gasteiger charge is 2.06. The summed E-state index contributed by atoms with van der Waals surface area (Å²) in [6, 6.07) is 0. The molecule has 1 aromatic rings. The van der Waals surface area contributed by atoms with Gasteiger partial charge in [0.2, 0.25) is 0 Å². The van der Waals surface area contributed by atoms with E-state index in [2.05, 4.69) is 0 Å². The van der Waals surface area contributed by atoms with Crippen LogP contribution in [0.5, 0.6) is 0 Å². The zero-order valence-electron chi connectivity index (χ0n) is 5.79. The van der Waals surface area contributed by atoms with Gasteiger partial charge in [0.15, 0.2) is 0 Å². The first-order valence-electron chi connectivity index (χ1n) is 3.07. The first-order valence-corrected chi connectivity index (χ1v) is 3.07. The molecule has 56 valence electrons. The van der Waals surface area contributed by atoms with Gasteiger partial charge in [0.25, 0.3) is 0 Å². The third kappa shape index (κ3) is 1.05. The third-order valence-electron chi connectivity index (χ3n) is 1.52. The Morgan fingerprint density at radius 1 is 1.40 bits per heavy atom. The zero-order chi connectivity index (χ0) is 7.56. The Labute approximate surface area is 58.9 Å². The summed E-state index contributed by atoms with van der Waals surface area (Å²) in [6.07, 6.45) is 1.46. The van der Waals surface area contributed by atoms with Crippen molar-refractivity contribution >= 4 is 0 Å². The molecule has 0 amide bonds. The lowest BCUT2D eigenvalue weighted by molar-refractivity contribution is 0.260. The molecular weight excluding hydrogens is 132 g/mol. The summed E-state index contributed by atoms with van der Waals surface area (Å²) < 4.78 is 4.96. The first kappa shape index (κ1) is 7.31. The van der Waals surface area contributed by atoms with Crippen LogP contribution in [0.15, 0.2) is 10.7 Å². The molecule has 0 aromatic carbocycles. The summed E-state index contributed by atoms with van der Waals surface area (Å²) in [7, 11) is 0. The van der Waals surface area contributed by atoms with E-state index in [1.807, 2.05) is 0 Å². The molecule has 2 N–H and O–H groups in total. The maximum atomic E-state index is 8.75. The number of hydrogen-bond donors (Lipinski definition) is 2. The van der Waals surface area contributed by atoms with Gasteiger partial charge in [-0.3, -0.25) is 0 Å². The van der Waals surface area contributed by atoms with Crippen molar-refractivity contribution in [3.8, 4) is 0 Å². The van der Waals surface area contributed by atoms with Crippen LogP contribution >= 0.6 is 0 Å². The van der Waals surface area contributed by atoms with E-state index in [0.717, 1.165) is 0 Å².